The van der Waals surface area contributed by atoms with E-state index >= 15 is 0 Å². The second-order valence-electron chi connectivity index (χ2n) is 6.65. The van der Waals surface area contributed by atoms with Crippen LogP contribution in [0.15, 0.2) is 72.9 Å². The summed E-state index contributed by atoms with van der Waals surface area (Å²) in [5, 5.41) is 0.576. The van der Waals surface area contributed by atoms with Crippen LogP contribution in [0.4, 0.5) is 0 Å². The van der Waals surface area contributed by atoms with E-state index in [1.54, 1.807) is 12.1 Å². The van der Waals surface area contributed by atoms with Crippen LogP contribution in [0.5, 0.6) is 0 Å². The number of carbonyl (C=O) groups is 1. The van der Waals surface area contributed by atoms with E-state index in [4.69, 9.17) is 11.6 Å². The monoisotopic (exact) mass is 366 g/mol. The van der Waals surface area contributed by atoms with Crippen LogP contribution in [-0.2, 0) is 13.1 Å². The number of halogens is 1. The van der Waals surface area contributed by atoms with E-state index in [-0.39, 0.29) is 11.9 Å². The number of benzene rings is 2. The van der Waals surface area contributed by atoms with Crippen LogP contribution in [0.25, 0.3) is 0 Å². The maximum Gasteiger partial charge on any atom is 0.254 e. The van der Waals surface area contributed by atoms with Crippen LogP contribution >= 0.6 is 11.6 Å². The Bertz CT molecular complexity index is 871. The summed E-state index contributed by atoms with van der Waals surface area (Å²) in [7, 11) is 0. The van der Waals surface area contributed by atoms with Crippen LogP contribution < -0.4 is 0 Å². The van der Waals surface area contributed by atoms with Crippen LogP contribution in [0.3, 0.4) is 0 Å². The number of hydrogen-bond donors (Lipinski definition) is 0. The van der Waals surface area contributed by atoms with Gasteiger partial charge in [-0.3, -0.25) is 4.79 Å². The predicted octanol–water partition coefficient (Wildman–Crippen LogP) is 5.24. The normalized spacial score (nSPS) is 10.9. The third-order valence-electron chi connectivity index (χ3n) is 4.41. The molecule has 0 aliphatic rings. The van der Waals surface area contributed by atoms with E-state index in [0.717, 1.165) is 12.2 Å². The fourth-order valence-corrected chi connectivity index (χ4v) is 3.17. The second kappa shape index (κ2) is 8.24. The highest BCUT2D eigenvalue weighted by molar-refractivity contribution is 6.30. The van der Waals surface area contributed by atoms with Crippen LogP contribution in [0.2, 0.25) is 5.02 Å². The van der Waals surface area contributed by atoms with Gasteiger partial charge in [0.05, 0.1) is 6.54 Å². The summed E-state index contributed by atoms with van der Waals surface area (Å²) >= 11 is 6.06. The fourth-order valence-electron chi connectivity index (χ4n) is 2.98. The molecule has 3 nitrogen and oxygen atoms in total. The van der Waals surface area contributed by atoms with Crippen molar-refractivity contribution in [3.63, 3.8) is 0 Å². The minimum absolute atomic E-state index is 0.00467. The van der Waals surface area contributed by atoms with Gasteiger partial charge in [0.15, 0.2) is 0 Å². The molecule has 0 fully saturated rings. The molecule has 0 N–H and O–H groups in total. The molecule has 3 rings (SSSR count). The van der Waals surface area contributed by atoms with Gasteiger partial charge in [-0.2, -0.15) is 0 Å². The Morgan fingerprint density at radius 2 is 1.81 bits per heavy atom. The summed E-state index contributed by atoms with van der Waals surface area (Å²) in [5.41, 5.74) is 2.97. The van der Waals surface area contributed by atoms with Crippen molar-refractivity contribution in [3.05, 3.63) is 94.8 Å². The maximum absolute atomic E-state index is 13.0. The molecular weight excluding hydrogens is 344 g/mol. The second-order valence-corrected chi connectivity index (χ2v) is 7.09. The molecule has 26 heavy (non-hydrogen) atoms. The number of carbonyl (C=O) groups excluding carboxylic acids is 1. The van der Waals surface area contributed by atoms with Crippen molar-refractivity contribution < 1.29 is 4.79 Å². The molecule has 0 unspecified atom stereocenters. The Morgan fingerprint density at radius 1 is 1.04 bits per heavy atom. The Hall–Kier alpha value is -2.52. The van der Waals surface area contributed by atoms with Crippen molar-refractivity contribution in [1.29, 1.82) is 0 Å². The van der Waals surface area contributed by atoms with E-state index in [0.29, 0.717) is 17.1 Å². The molecule has 0 bridgehead atoms. The summed E-state index contributed by atoms with van der Waals surface area (Å²) in [4.78, 5) is 14.9. The zero-order valence-corrected chi connectivity index (χ0v) is 15.9. The first-order chi connectivity index (χ1) is 12.5. The minimum atomic E-state index is -0.00467. The average Bonchev–Trinajstić information content (AvgIpc) is 3.06. The number of rotatable bonds is 6. The molecule has 0 saturated heterocycles. The van der Waals surface area contributed by atoms with Gasteiger partial charge in [-0.1, -0.05) is 48.0 Å². The van der Waals surface area contributed by atoms with E-state index in [9.17, 15) is 4.79 Å². The number of aromatic nitrogens is 1. The van der Waals surface area contributed by atoms with E-state index in [1.807, 2.05) is 55.1 Å². The molecule has 1 heterocycles. The van der Waals surface area contributed by atoms with Gasteiger partial charge in [-0.05, 0) is 49.7 Å². The molecule has 1 amide bonds. The smallest absolute Gasteiger partial charge is 0.254 e. The largest absolute Gasteiger partial charge is 0.345 e. The number of amides is 1. The summed E-state index contributed by atoms with van der Waals surface area (Å²) in [6.45, 7) is 5.42. The SMILES string of the molecule is CC(C)N(Cc1cccn1Cc1ccccc1)C(=O)c1cccc(Cl)c1. The Labute approximate surface area is 159 Å². The van der Waals surface area contributed by atoms with Gasteiger partial charge >= 0.3 is 0 Å². The molecule has 0 saturated carbocycles. The lowest BCUT2D eigenvalue weighted by molar-refractivity contribution is 0.0686. The van der Waals surface area contributed by atoms with Crippen LogP contribution in [0.1, 0.15) is 35.5 Å². The fraction of sp³-hybridized carbons (Fsp3) is 0.227. The van der Waals surface area contributed by atoms with Gasteiger partial charge in [-0.15, -0.1) is 0 Å². The van der Waals surface area contributed by atoms with Gasteiger partial charge in [0.2, 0.25) is 0 Å². The van der Waals surface area contributed by atoms with Crippen LogP contribution in [-0.4, -0.2) is 21.4 Å². The first-order valence-corrected chi connectivity index (χ1v) is 9.17. The lowest BCUT2D eigenvalue weighted by Gasteiger charge is -2.27. The van der Waals surface area contributed by atoms with Crippen molar-refractivity contribution in [2.45, 2.75) is 33.0 Å². The lowest BCUT2D eigenvalue weighted by atomic mass is 10.1. The number of nitrogens with zero attached hydrogens (tertiary/aromatic N) is 2. The molecule has 3 aromatic rings. The Kier molecular flexibility index (Phi) is 5.79. The van der Waals surface area contributed by atoms with Gasteiger partial charge in [0, 0.05) is 35.1 Å². The molecule has 0 aliphatic heterocycles. The highest BCUT2D eigenvalue weighted by Gasteiger charge is 2.20. The molecule has 0 atom stereocenters. The summed E-state index contributed by atoms with van der Waals surface area (Å²) in [6.07, 6.45) is 2.06. The third-order valence-corrected chi connectivity index (χ3v) is 4.64. The topological polar surface area (TPSA) is 25.2 Å². The first-order valence-electron chi connectivity index (χ1n) is 8.79. The minimum Gasteiger partial charge on any atom is -0.345 e. The van der Waals surface area contributed by atoms with Crippen LogP contribution in [0, 0.1) is 0 Å². The van der Waals surface area contributed by atoms with Gasteiger partial charge < -0.3 is 9.47 Å². The maximum atomic E-state index is 13.0. The van der Waals surface area contributed by atoms with E-state index in [2.05, 4.69) is 29.0 Å². The quantitative estimate of drug-likeness (QED) is 0.585. The molecule has 134 valence electrons. The zero-order chi connectivity index (χ0) is 18.5. The van der Waals surface area contributed by atoms with Crippen molar-refractivity contribution in [2.24, 2.45) is 0 Å². The average molecular weight is 367 g/mol. The zero-order valence-electron chi connectivity index (χ0n) is 15.1. The molecule has 0 radical (unpaired) electrons. The summed E-state index contributed by atoms with van der Waals surface area (Å²) in [5.74, 6) is -0.00467. The molecule has 2 aromatic carbocycles. The van der Waals surface area contributed by atoms with Gasteiger partial charge in [0.1, 0.15) is 0 Å². The summed E-state index contributed by atoms with van der Waals surface area (Å²) < 4.78 is 2.19. The van der Waals surface area contributed by atoms with E-state index in [1.165, 1.54) is 5.56 Å². The standard InChI is InChI=1S/C22H23ClN2O/c1-17(2)25(22(26)19-10-6-11-20(23)14-19)16-21-12-7-13-24(21)15-18-8-4-3-5-9-18/h3-14,17H,15-16H2,1-2H3. The predicted molar refractivity (Wildman–Crippen MR) is 106 cm³/mol. The van der Waals surface area contributed by atoms with Gasteiger partial charge in [-0.25, -0.2) is 0 Å². The first kappa shape index (κ1) is 18.3. The van der Waals surface area contributed by atoms with Gasteiger partial charge in [0.25, 0.3) is 5.91 Å². The lowest BCUT2D eigenvalue weighted by Crippen LogP contribution is -2.37. The molecule has 0 spiro atoms. The van der Waals surface area contributed by atoms with E-state index < -0.39 is 0 Å². The molecule has 1 aromatic heterocycles. The third kappa shape index (κ3) is 4.36. The highest BCUT2D eigenvalue weighted by Crippen LogP contribution is 2.18. The molecule has 4 heteroatoms. The molecule has 0 aliphatic carbocycles. The van der Waals surface area contributed by atoms with Crippen molar-refractivity contribution >= 4 is 17.5 Å². The number of hydrogen-bond acceptors (Lipinski definition) is 1. The van der Waals surface area contributed by atoms with Crippen molar-refractivity contribution in [1.82, 2.24) is 9.47 Å². The van der Waals surface area contributed by atoms with Crippen molar-refractivity contribution in [3.8, 4) is 0 Å². The summed E-state index contributed by atoms with van der Waals surface area (Å²) in [6, 6.07) is 21.6. The highest BCUT2D eigenvalue weighted by atomic mass is 35.5. The van der Waals surface area contributed by atoms with Crippen molar-refractivity contribution in [2.75, 3.05) is 0 Å². The Balaban J connectivity index is 1.81. The molecular formula is C22H23ClN2O. The Morgan fingerprint density at radius 3 is 2.50 bits per heavy atom.